The van der Waals surface area contributed by atoms with E-state index in [9.17, 15) is 4.79 Å². The number of aromatic nitrogens is 1. The van der Waals surface area contributed by atoms with Crippen molar-refractivity contribution in [3.05, 3.63) is 26.9 Å². The molecule has 5 heteroatoms. The predicted molar refractivity (Wildman–Crippen MR) is 69.4 cm³/mol. The second-order valence-corrected chi connectivity index (χ2v) is 5.51. The number of pyridine rings is 1. The first-order valence-corrected chi connectivity index (χ1v) is 6.87. The molecule has 1 aromatic rings. The second kappa shape index (κ2) is 5.27. The third kappa shape index (κ3) is 2.63. The Kier molecular flexibility index (Phi) is 3.97. The van der Waals surface area contributed by atoms with Crippen LogP contribution in [0, 0.1) is 0 Å². The lowest BCUT2D eigenvalue weighted by Crippen LogP contribution is -2.35. The smallest absolute Gasteiger partial charge is 0.256 e. The van der Waals surface area contributed by atoms with Gasteiger partial charge < -0.3 is 4.90 Å². The number of halogens is 2. The lowest BCUT2D eigenvalue weighted by molar-refractivity contribution is 0.0723. The second-order valence-electron chi connectivity index (χ2n) is 3.84. The number of nitrogens with zero attached hydrogens (tertiary/aromatic N) is 2. The molecule has 0 spiro atoms. The molecule has 1 aliphatic rings. The van der Waals surface area contributed by atoms with Crippen molar-refractivity contribution < 1.29 is 4.79 Å². The van der Waals surface area contributed by atoms with E-state index in [-0.39, 0.29) is 5.91 Å². The highest BCUT2D eigenvalue weighted by Gasteiger charge is 2.20. The number of amides is 1. The van der Waals surface area contributed by atoms with Gasteiger partial charge in [0.2, 0.25) is 0 Å². The Morgan fingerprint density at radius 1 is 1.25 bits per heavy atom. The van der Waals surface area contributed by atoms with E-state index in [4.69, 9.17) is 0 Å². The van der Waals surface area contributed by atoms with Gasteiger partial charge in [0.05, 0.1) is 5.56 Å². The van der Waals surface area contributed by atoms with Gasteiger partial charge >= 0.3 is 0 Å². The molecule has 2 heterocycles. The molecule has 0 radical (unpaired) electrons. The molecule has 0 saturated carbocycles. The number of piperidine rings is 1. The van der Waals surface area contributed by atoms with Gasteiger partial charge in [-0.2, -0.15) is 0 Å². The zero-order valence-electron chi connectivity index (χ0n) is 8.75. The van der Waals surface area contributed by atoms with Gasteiger partial charge in [0.15, 0.2) is 0 Å². The Morgan fingerprint density at radius 2 is 1.94 bits per heavy atom. The first-order valence-electron chi connectivity index (χ1n) is 5.29. The minimum absolute atomic E-state index is 0.0698. The van der Waals surface area contributed by atoms with Gasteiger partial charge in [-0.3, -0.25) is 4.79 Å². The van der Waals surface area contributed by atoms with E-state index in [1.807, 2.05) is 11.0 Å². The summed E-state index contributed by atoms with van der Waals surface area (Å²) in [5.41, 5.74) is 0.635. The summed E-state index contributed by atoms with van der Waals surface area (Å²) in [4.78, 5) is 18.2. The van der Waals surface area contributed by atoms with E-state index in [1.54, 1.807) is 6.20 Å². The van der Waals surface area contributed by atoms with Gasteiger partial charge in [-0.25, -0.2) is 4.98 Å². The maximum atomic E-state index is 12.2. The third-order valence-electron chi connectivity index (χ3n) is 2.68. The van der Waals surface area contributed by atoms with Crippen LogP contribution in [0.1, 0.15) is 29.6 Å². The molecular weight excluding hydrogens is 336 g/mol. The van der Waals surface area contributed by atoms with Crippen LogP contribution in [0.3, 0.4) is 0 Å². The highest BCUT2D eigenvalue weighted by molar-refractivity contribution is 9.11. The minimum atomic E-state index is 0.0698. The largest absolute Gasteiger partial charge is 0.339 e. The summed E-state index contributed by atoms with van der Waals surface area (Å²) < 4.78 is 1.45. The molecule has 3 nitrogen and oxygen atoms in total. The number of carbonyl (C=O) groups excluding carboxylic acids is 1. The molecule has 1 fully saturated rings. The average molecular weight is 348 g/mol. The van der Waals surface area contributed by atoms with E-state index in [0.717, 1.165) is 30.4 Å². The molecule has 1 saturated heterocycles. The van der Waals surface area contributed by atoms with E-state index in [1.165, 1.54) is 6.42 Å². The van der Waals surface area contributed by atoms with Crippen LogP contribution in [0.5, 0.6) is 0 Å². The Hall–Kier alpha value is -0.420. The minimum Gasteiger partial charge on any atom is -0.339 e. The number of carbonyl (C=O) groups is 1. The van der Waals surface area contributed by atoms with Crippen LogP contribution in [-0.4, -0.2) is 28.9 Å². The quantitative estimate of drug-likeness (QED) is 0.731. The maximum Gasteiger partial charge on any atom is 0.256 e. The van der Waals surface area contributed by atoms with Crippen molar-refractivity contribution in [3.8, 4) is 0 Å². The summed E-state index contributed by atoms with van der Waals surface area (Å²) in [5.74, 6) is 0.0698. The molecule has 0 bridgehead atoms. The van der Waals surface area contributed by atoms with Crippen LogP contribution >= 0.6 is 31.9 Å². The molecule has 2 rings (SSSR count). The summed E-state index contributed by atoms with van der Waals surface area (Å²) in [6.45, 7) is 1.72. The van der Waals surface area contributed by atoms with Crippen molar-refractivity contribution in [2.75, 3.05) is 13.1 Å². The number of hydrogen-bond donors (Lipinski definition) is 0. The van der Waals surface area contributed by atoms with Gasteiger partial charge in [-0.1, -0.05) is 0 Å². The molecule has 0 aromatic carbocycles. The molecule has 1 amide bonds. The van der Waals surface area contributed by atoms with Gasteiger partial charge in [-0.15, -0.1) is 0 Å². The number of rotatable bonds is 1. The summed E-state index contributed by atoms with van der Waals surface area (Å²) in [6.07, 6.45) is 5.11. The van der Waals surface area contributed by atoms with Crippen molar-refractivity contribution in [1.29, 1.82) is 0 Å². The molecule has 16 heavy (non-hydrogen) atoms. The maximum absolute atomic E-state index is 12.2. The Balaban J connectivity index is 2.22. The zero-order valence-corrected chi connectivity index (χ0v) is 11.9. The number of hydrogen-bond acceptors (Lipinski definition) is 2. The fraction of sp³-hybridized carbons (Fsp3) is 0.455. The fourth-order valence-corrected chi connectivity index (χ4v) is 2.56. The predicted octanol–water partition coefficient (Wildman–Crippen LogP) is 3.23. The highest BCUT2D eigenvalue weighted by Crippen LogP contribution is 2.21. The number of likely N-dealkylation sites (tertiary alicyclic amines) is 1. The molecule has 1 aliphatic heterocycles. The van der Waals surface area contributed by atoms with Gasteiger partial charge in [0, 0.05) is 23.8 Å². The van der Waals surface area contributed by atoms with E-state index < -0.39 is 0 Å². The average Bonchev–Trinajstić information content (AvgIpc) is 2.32. The monoisotopic (exact) mass is 346 g/mol. The van der Waals surface area contributed by atoms with Crippen LogP contribution in [0.2, 0.25) is 0 Å². The molecular formula is C11H12Br2N2O. The zero-order chi connectivity index (χ0) is 11.5. The first kappa shape index (κ1) is 12.0. The van der Waals surface area contributed by atoms with Crippen molar-refractivity contribution >= 4 is 37.8 Å². The molecule has 1 aromatic heterocycles. The Morgan fingerprint density at radius 3 is 2.62 bits per heavy atom. The van der Waals surface area contributed by atoms with Crippen LogP contribution in [0.15, 0.2) is 21.3 Å². The van der Waals surface area contributed by atoms with Gasteiger partial charge in [0.1, 0.15) is 4.60 Å². The fourth-order valence-electron chi connectivity index (χ4n) is 1.84. The van der Waals surface area contributed by atoms with Crippen molar-refractivity contribution in [1.82, 2.24) is 9.88 Å². The van der Waals surface area contributed by atoms with Gasteiger partial charge in [0.25, 0.3) is 5.91 Å². The third-order valence-corrected chi connectivity index (χ3v) is 3.74. The van der Waals surface area contributed by atoms with E-state index in [0.29, 0.717) is 10.2 Å². The lowest BCUT2D eigenvalue weighted by atomic mass is 10.1. The van der Waals surface area contributed by atoms with Crippen LogP contribution in [0.4, 0.5) is 0 Å². The van der Waals surface area contributed by atoms with Crippen LogP contribution < -0.4 is 0 Å². The molecule has 86 valence electrons. The Labute approximate surface area is 111 Å². The summed E-state index contributed by atoms with van der Waals surface area (Å²) in [6, 6.07) is 1.81. The summed E-state index contributed by atoms with van der Waals surface area (Å²) in [7, 11) is 0. The molecule has 0 aliphatic carbocycles. The highest BCUT2D eigenvalue weighted by atomic mass is 79.9. The Bertz CT molecular complexity index is 403. The summed E-state index contributed by atoms with van der Waals surface area (Å²) >= 11 is 6.65. The van der Waals surface area contributed by atoms with Crippen LogP contribution in [0.25, 0.3) is 0 Å². The lowest BCUT2D eigenvalue weighted by Gasteiger charge is -2.26. The van der Waals surface area contributed by atoms with Crippen molar-refractivity contribution in [3.63, 3.8) is 0 Å². The van der Waals surface area contributed by atoms with Crippen molar-refractivity contribution in [2.45, 2.75) is 19.3 Å². The molecule has 0 unspecified atom stereocenters. The van der Waals surface area contributed by atoms with Crippen LogP contribution in [-0.2, 0) is 0 Å². The standard InChI is InChI=1S/C11H12Br2N2O/c12-8-6-9(10(13)14-7-8)11(16)15-4-2-1-3-5-15/h6-7H,1-5H2. The van der Waals surface area contributed by atoms with E-state index >= 15 is 0 Å². The summed E-state index contributed by atoms with van der Waals surface area (Å²) in [5, 5.41) is 0. The topological polar surface area (TPSA) is 33.2 Å². The molecule has 0 atom stereocenters. The SMILES string of the molecule is O=C(c1cc(Br)cnc1Br)N1CCCCC1. The van der Waals surface area contributed by atoms with Gasteiger partial charge in [-0.05, 0) is 57.2 Å². The molecule has 0 N–H and O–H groups in total. The van der Waals surface area contributed by atoms with Crippen molar-refractivity contribution in [2.24, 2.45) is 0 Å². The normalized spacial score (nSPS) is 16.2. The first-order chi connectivity index (χ1) is 7.68. The van der Waals surface area contributed by atoms with E-state index in [2.05, 4.69) is 36.8 Å².